The summed E-state index contributed by atoms with van der Waals surface area (Å²) in [5, 5.41) is 16.1. The van der Waals surface area contributed by atoms with Crippen LogP contribution in [0.4, 0.5) is 26.2 Å². The number of carbonyl (C=O) groups is 1. The number of aromatic amines is 1. The Kier molecular flexibility index (Phi) is 7.30. The Hall–Kier alpha value is -3.53. The third-order valence-corrected chi connectivity index (χ3v) is 6.11. The maximum atomic E-state index is 15.0. The zero-order valence-corrected chi connectivity index (χ0v) is 20.0. The fourth-order valence-corrected chi connectivity index (χ4v) is 3.64. The molecule has 0 aliphatic heterocycles. The highest BCUT2D eigenvalue weighted by molar-refractivity contribution is 5.81. The molecule has 1 amide bonds. The first-order chi connectivity index (χ1) is 16.7. The number of nitrogens with zero attached hydrogens (tertiary/aromatic N) is 2. The highest BCUT2D eigenvalue weighted by Crippen LogP contribution is 2.39. The predicted octanol–water partition coefficient (Wildman–Crippen LogP) is 4.48. The highest BCUT2D eigenvalue weighted by Gasteiger charge is 2.26. The lowest BCUT2D eigenvalue weighted by molar-refractivity contribution is -0.123. The van der Waals surface area contributed by atoms with Gasteiger partial charge in [-0.1, -0.05) is 26.0 Å². The number of hydrogen-bond acceptors (Lipinski definition) is 6. The van der Waals surface area contributed by atoms with Gasteiger partial charge in [0.2, 0.25) is 5.91 Å². The maximum Gasteiger partial charge on any atom is 0.237 e. The summed E-state index contributed by atoms with van der Waals surface area (Å²) in [7, 11) is 0. The predicted molar refractivity (Wildman–Crippen MR) is 131 cm³/mol. The van der Waals surface area contributed by atoms with Crippen molar-refractivity contribution in [1.82, 2.24) is 20.5 Å². The maximum absolute atomic E-state index is 15.0. The van der Waals surface area contributed by atoms with Crippen LogP contribution in [0, 0.1) is 17.6 Å². The van der Waals surface area contributed by atoms with E-state index in [1.807, 2.05) is 26.8 Å². The van der Waals surface area contributed by atoms with E-state index in [4.69, 9.17) is 5.73 Å². The summed E-state index contributed by atoms with van der Waals surface area (Å²) in [4.78, 5) is 16.8. The molecule has 6 N–H and O–H groups in total. The summed E-state index contributed by atoms with van der Waals surface area (Å²) >= 11 is 0. The molecule has 2 unspecified atom stereocenters. The number of nitrogens with one attached hydrogen (secondary N) is 4. The smallest absolute Gasteiger partial charge is 0.237 e. The third-order valence-electron chi connectivity index (χ3n) is 6.11. The van der Waals surface area contributed by atoms with Gasteiger partial charge in [-0.05, 0) is 49.4 Å². The van der Waals surface area contributed by atoms with Crippen LogP contribution in [-0.2, 0) is 11.3 Å². The fourth-order valence-electron chi connectivity index (χ4n) is 3.64. The van der Waals surface area contributed by atoms with Crippen LogP contribution in [0.25, 0.3) is 0 Å². The molecule has 1 aromatic carbocycles. The van der Waals surface area contributed by atoms with Gasteiger partial charge in [-0.3, -0.25) is 9.89 Å². The van der Waals surface area contributed by atoms with Crippen molar-refractivity contribution in [2.24, 2.45) is 11.7 Å². The molecule has 1 saturated carbocycles. The third kappa shape index (κ3) is 6.13. The Morgan fingerprint density at radius 3 is 2.51 bits per heavy atom. The largest absolute Gasteiger partial charge is 0.363 e. The van der Waals surface area contributed by atoms with Gasteiger partial charge in [-0.2, -0.15) is 5.10 Å². The lowest BCUT2D eigenvalue weighted by atomic mass is 10.0. The number of halogens is 2. The van der Waals surface area contributed by atoms with E-state index in [9.17, 15) is 9.18 Å². The number of hydrogen-bond donors (Lipinski definition) is 5. The van der Waals surface area contributed by atoms with E-state index in [0.717, 1.165) is 24.1 Å². The number of rotatable bonds is 10. The summed E-state index contributed by atoms with van der Waals surface area (Å²) in [5.41, 5.74) is 8.22. The van der Waals surface area contributed by atoms with Gasteiger partial charge in [0.05, 0.1) is 6.04 Å². The summed E-state index contributed by atoms with van der Waals surface area (Å²) in [6.45, 7) is 5.63. The number of pyridine rings is 1. The van der Waals surface area contributed by atoms with E-state index in [-0.39, 0.29) is 36.0 Å². The van der Waals surface area contributed by atoms with E-state index in [1.165, 1.54) is 18.2 Å². The molecule has 0 saturated heterocycles. The number of nitrogens with two attached hydrogens (primary N) is 1. The van der Waals surface area contributed by atoms with Crippen LogP contribution in [0.15, 0.2) is 36.4 Å². The lowest BCUT2D eigenvalue weighted by Crippen LogP contribution is -2.43. The topological polar surface area (TPSA) is 121 Å². The number of H-pyrrole nitrogens is 1. The minimum atomic E-state index is -0.677. The molecule has 1 aliphatic carbocycles. The number of anilines is 3. The summed E-state index contributed by atoms with van der Waals surface area (Å²) in [6, 6.07) is 8.33. The summed E-state index contributed by atoms with van der Waals surface area (Å²) in [6.07, 6.45) is 2.23. The summed E-state index contributed by atoms with van der Waals surface area (Å²) in [5.74, 6) is 0.0442. The minimum Gasteiger partial charge on any atom is -0.363 e. The molecule has 1 aliphatic rings. The second-order valence-electron chi connectivity index (χ2n) is 9.34. The average Bonchev–Trinajstić information content (AvgIpc) is 3.58. The van der Waals surface area contributed by atoms with Gasteiger partial charge in [0.25, 0.3) is 0 Å². The highest BCUT2D eigenvalue weighted by atomic mass is 19.1. The van der Waals surface area contributed by atoms with Crippen molar-refractivity contribution < 1.29 is 13.6 Å². The Bertz CT molecular complexity index is 1180. The molecule has 3 aromatic rings. The second-order valence-corrected chi connectivity index (χ2v) is 9.34. The SMILES string of the molecule is CC(Nc1nc(Nc2cc(C3CC3)[nH]n2)c(F)cc1CNC(=O)C(N)C(C)C)c1ccc(F)cc1. The molecule has 186 valence electrons. The van der Waals surface area contributed by atoms with E-state index in [2.05, 4.69) is 31.1 Å². The van der Waals surface area contributed by atoms with Crippen LogP contribution >= 0.6 is 0 Å². The minimum absolute atomic E-state index is 0.00149. The molecule has 1 fully saturated rings. The standard InChI is InChI=1S/C25H31F2N7O/c1-13(2)22(28)25(35)29-12-17-10-19(27)24(31-21-11-20(33-34-21)16-4-5-16)32-23(17)30-14(3)15-6-8-18(26)9-7-15/h6-11,13-14,16,22H,4-5,12,28H2,1-3H3,(H,29,35)(H3,30,31,32,33,34). The van der Waals surface area contributed by atoms with Crippen LogP contribution in [0.5, 0.6) is 0 Å². The molecule has 10 heteroatoms. The first-order valence-corrected chi connectivity index (χ1v) is 11.8. The van der Waals surface area contributed by atoms with Crippen molar-refractivity contribution in [3.05, 3.63) is 64.9 Å². The molecule has 2 aromatic heterocycles. The van der Waals surface area contributed by atoms with Gasteiger partial charge < -0.3 is 21.7 Å². The first-order valence-electron chi connectivity index (χ1n) is 11.8. The lowest BCUT2D eigenvalue weighted by Gasteiger charge is -2.20. The van der Waals surface area contributed by atoms with Gasteiger partial charge in [0.1, 0.15) is 11.6 Å². The molecular formula is C25H31F2N7O. The van der Waals surface area contributed by atoms with Crippen LogP contribution in [0.1, 0.15) is 62.4 Å². The second kappa shape index (κ2) is 10.4. The van der Waals surface area contributed by atoms with Crippen LogP contribution in [0.2, 0.25) is 0 Å². The Labute approximate surface area is 203 Å². The van der Waals surface area contributed by atoms with Crippen molar-refractivity contribution in [3.8, 4) is 0 Å². The van der Waals surface area contributed by atoms with E-state index >= 15 is 4.39 Å². The molecule has 0 radical (unpaired) electrons. The normalized spacial score (nSPS) is 15.1. The van der Waals surface area contributed by atoms with Crippen molar-refractivity contribution >= 4 is 23.4 Å². The quantitative estimate of drug-likeness (QED) is 0.290. The fraction of sp³-hybridized carbons (Fsp3) is 0.400. The van der Waals surface area contributed by atoms with Crippen LogP contribution in [-0.4, -0.2) is 27.1 Å². The van der Waals surface area contributed by atoms with Gasteiger partial charge in [-0.25, -0.2) is 13.8 Å². The zero-order chi connectivity index (χ0) is 25.1. The molecule has 2 heterocycles. The Morgan fingerprint density at radius 2 is 1.86 bits per heavy atom. The molecule has 2 atom stereocenters. The molecular weight excluding hydrogens is 452 g/mol. The Balaban J connectivity index is 1.58. The molecule has 0 spiro atoms. The van der Waals surface area contributed by atoms with Crippen molar-refractivity contribution in [2.45, 2.75) is 58.2 Å². The van der Waals surface area contributed by atoms with Crippen LogP contribution in [0.3, 0.4) is 0 Å². The Morgan fingerprint density at radius 1 is 1.14 bits per heavy atom. The van der Waals surface area contributed by atoms with Gasteiger partial charge in [0.15, 0.2) is 17.5 Å². The van der Waals surface area contributed by atoms with E-state index in [0.29, 0.717) is 23.1 Å². The van der Waals surface area contributed by atoms with Gasteiger partial charge in [0, 0.05) is 35.8 Å². The van der Waals surface area contributed by atoms with Gasteiger partial charge in [-0.15, -0.1) is 0 Å². The van der Waals surface area contributed by atoms with Crippen molar-refractivity contribution in [3.63, 3.8) is 0 Å². The molecule has 35 heavy (non-hydrogen) atoms. The number of carbonyl (C=O) groups excluding carboxylic acids is 1. The number of amides is 1. The zero-order valence-electron chi connectivity index (χ0n) is 20.0. The first kappa shape index (κ1) is 24.6. The van der Waals surface area contributed by atoms with Crippen molar-refractivity contribution in [1.29, 1.82) is 0 Å². The van der Waals surface area contributed by atoms with Crippen LogP contribution < -0.4 is 21.7 Å². The monoisotopic (exact) mass is 483 g/mol. The van der Waals surface area contributed by atoms with E-state index in [1.54, 1.807) is 12.1 Å². The number of benzene rings is 1. The van der Waals surface area contributed by atoms with Crippen molar-refractivity contribution in [2.75, 3.05) is 10.6 Å². The molecule has 4 rings (SSSR count). The molecule has 8 nitrogen and oxygen atoms in total. The average molecular weight is 484 g/mol. The summed E-state index contributed by atoms with van der Waals surface area (Å²) < 4.78 is 28.4. The number of aromatic nitrogens is 3. The van der Waals surface area contributed by atoms with Gasteiger partial charge >= 0.3 is 0 Å². The molecule has 0 bridgehead atoms. The van der Waals surface area contributed by atoms with E-state index < -0.39 is 11.9 Å².